The molecule has 0 heterocycles. The van der Waals surface area contributed by atoms with Crippen molar-refractivity contribution in [2.75, 3.05) is 5.43 Å². The Morgan fingerprint density at radius 2 is 2.25 bits per heavy atom. The van der Waals surface area contributed by atoms with Gasteiger partial charge < -0.3 is 15.3 Å². The molecule has 0 saturated carbocycles. The van der Waals surface area contributed by atoms with Gasteiger partial charge in [-0.05, 0) is 17.1 Å². The van der Waals surface area contributed by atoms with E-state index in [1.54, 1.807) is 24.3 Å². The molecular weight excluding hydrogens is 236 g/mol. The van der Waals surface area contributed by atoms with E-state index in [9.17, 15) is 10.1 Å². The Hall–Kier alpha value is -2.15. The number of benzene rings is 1. The zero-order valence-corrected chi connectivity index (χ0v) is 8.63. The van der Waals surface area contributed by atoms with Crippen molar-refractivity contribution in [2.24, 2.45) is 10.3 Å². The van der Waals surface area contributed by atoms with Crippen LogP contribution in [-0.4, -0.2) is 22.2 Å². The van der Waals surface area contributed by atoms with E-state index < -0.39 is 10.8 Å². The summed E-state index contributed by atoms with van der Waals surface area (Å²) < 4.78 is 0. The van der Waals surface area contributed by atoms with Gasteiger partial charge in [0.15, 0.2) is 6.21 Å². The molecule has 0 bridgehead atoms. The minimum absolute atomic E-state index is 0.370. The Morgan fingerprint density at radius 1 is 1.56 bits per heavy atom. The third kappa shape index (κ3) is 3.21. The highest BCUT2D eigenvalue weighted by atomic mass is 35.5. The lowest BCUT2D eigenvalue weighted by atomic mass is 10.3. The molecule has 0 aromatic heterocycles. The summed E-state index contributed by atoms with van der Waals surface area (Å²) in [6.45, 7) is 0. The highest BCUT2D eigenvalue weighted by molar-refractivity contribution is 6.33. The fraction of sp³-hybridized carbons (Fsp3) is 0. The van der Waals surface area contributed by atoms with Crippen molar-refractivity contribution in [1.82, 2.24) is 0 Å². The van der Waals surface area contributed by atoms with Crippen molar-refractivity contribution >= 4 is 29.3 Å². The Labute approximate surface area is 95.2 Å². The van der Waals surface area contributed by atoms with Gasteiger partial charge in [-0.1, -0.05) is 28.9 Å². The molecule has 0 aliphatic rings. The predicted octanol–water partition coefficient (Wildman–Crippen LogP) is 1.80. The van der Waals surface area contributed by atoms with Crippen molar-refractivity contribution in [1.29, 1.82) is 0 Å². The summed E-state index contributed by atoms with van der Waals surface area (Å²) in [6, 6.07) is 6.60. The van der Waals surface area contributed by atoms with Crippen molar-refractivity contribution in [3.63, 3.8) is 0 Å². The lowest BCUT2D eigenvalue weighted by Gasteiger charge is -1.97. The largest absolute Gasteiger partial charge is 0.411 e. The van der Waals surface area contributed by atoms with Crippen LogP contribution in [0.5, 0.6) is 0 Å². The number of nitro groups is 1. The van der Waals surface area contributed by atoms with E-state index >= 15 is 0 Å². The van der Waals surface area contributed by atoms with Gasteiger partial charge in [0.1, 0.15) is 0 Å². The number of para-hydroxylation sites is 1. The third-order valence-electron chi connectivity index (χ3n) is 1.53. The molecule has 1 rings (SSSR count). The number of halogens is 1. The maximum absolute atomic E-state index is 10.4. The van der Waals surface area contributed by atoms with E-state index in [0.717, 1.165) is 0 Å². The topological polar surface area (TPSA) is 100 Å². The maximum Gasteiger partial charge on any atom is 0.409 e. The second-order valence-electron chi connectivity index (χ2n) is 2.56. The van der Waals surface area contributed by atoms with Crippen LogP contribution in [0, 0.1) is 10.1 Å². The van der Waals surface area contributed by atoms with Crippen LogP contribution in [0.25, 0.3) is 0 Å². The first kappa shape index (κ1) is 11.9. The first-order valence-corrected chi connectivity index (χ1v) is 4.43. The van der Waals surface area contributed by atoms with Gasteiger partial charge in [0.2, 0.25) is 0 Å². The van der Waals surface area contributed by atoms with E-state index in [2.05, 4.69) is 15.7 Å². The van der Waals surface area contributed by atoms with Crippen LogP contribution in [0.15, 0.2) is 34.5 Å². The summed E-state index contributed by atoms with van der Waals surface area (Å²) in [7, 11) is 0. The normalized spacial score (nSPS) is 11.7. The molecule has 0 saturated heterocycles. The predicted molar refractivity (Wildman–Crippen MR) is 59.8 cm³/mol. The van der Waals surface area contributed by atoms with Crippen LogP contribution in [0.4, 0.5) is 5.69 Å². The molecule has 0 atom stereocenters. The quantitative estimate of drug-likeness (QED) is 0.277. The van der Waals surface area contributed by atoms with Crippen molar-refractivity contribution < 1.29 is 10.1 Å². The highest BCUT2D eigenvalue weighted by Gasteiger charge is 2.10. The number of nitrogens with zero attached hydrogens (tertiary/aromatic N) is 3. The minimum Gasteiger partial charge on any atom is -0.411 e. The molecule has 8 heteroatoms. The molecule has 0 amide bonds. The lowest BCUT2D eigenvalue weighted by molar-refractivity contribution is -0.345. The Balaban J connectivity index is 2.86. The molecule has 7 nitrogen and oxygen atoms in total. The van der Waals surface area contributed by atoms with Crippen molar-refractivity contribution in [2.45, 2.75) is 0 Å². The zero-order chi connectivity index (χ0) is 12.0. The molecule has 84 valence electrons. The number of anilines is 1. The van der Waals surface area contributed by atoms with Crippen molar-refractivity contribution in [3.05, 3.63) is 39.4 Å². The van der Waals surface area contributed by atoms with E-state index in [4.69, 9.17) is 16.8 Å². The molecule has 1 aromatic carbocycles. The maximum atomic E-state index is 10.4. The second-order valence-corrected chi connectivity index (χ2v) is 2.97. The number of hydrogen-bond donors (Lipinski definition) is 2. The number of nitrogens with one attached hydrogen (secondary N) is 1. The number of rotatable bonds is 3. The molecule has 0 spiro atoms. The van der Waals surface area contributed by atoms with E-state index in [1.165, 1.54) is 0 Å². The minimum atomic E-state index is -0.802. The number of hydrogen-bond acceptors (Lipinski definition) is 6. The van der Waals surface area contributed by atoms with Gasteiger partial charge in [0, 0.05) is 0 Å². The van der Waals surface area contributed by atoms with Gasteiger partial charge >= 0.3 is 5.84 Å². The van der Waals surface area contributed by atoms with Gasteiger partial charge in [-0.3, -0.25) is 0 Å². The van der Waals surface area contributed by atoms with Crippen LogP contribution >= 0.6 is 11.6 Å². The van der Waals surface area contributed by atoms with Gasteiger partial charge in [0.05, 0.1) is 15.8 Å². The SMILES string of the molecule is O=[N+]([O-])C(/C=N/O)=N/Nc1ccccc1Cl. The van der Waals surface area contributed by atoms with Crippen LogP contribution in [0.2, 0.25) is 5.02 Å². The van der Waals surface area contributed by atoms with E-state index in [0.29, 0.717) is 16.9 Å². The van der Waals surface area contributed by atoms with Gasteiger partial charge in [-0.2, -0.15) is 5.43 Å². The number of oxime groups is 1. The Morgan fingerprint density at radius 3 is 2.81 bits per heavy atom. The summed E-state index contributed by atoms with van der Waals surface area (Å²) in [5.41, 5.74) is 2.80. The third-order valence-corrected chi connectivity index (χ3v) is 1.85. The summed E-state index contributed by atoms with van der Waals surface area (Å²) in [5, 5.41) is 24.9. The van der Waals surface area contributed by atoms with E-state index in [1.807, 2.05) is 0 Å². The molecule has 0 aliphatic heterocycles. The van der Waals surface area contributed by atoms with Gasteiger partial charge in [-0.25, -0.2) is 0 Å². The average Bonchev–Trinajstić information content (AvgIpc) is 2.26. The molecule has 1 aromatic rings. The Bertz CT molecular complexity index is 447. The molecule has 0 fully saturated rings. The number of hydrazone groups is 1. The van der Waals surface area contributed by atoms with Crippen LogP contribution in [0.3, 0.4) is 0 Å². The van der Waals surface area contributed by atoms with Crippen LogP contribution in [-0.2, 0) is 0 Å². The fourth-order valence-corrected chi connectivity index (χ4v) is 1.02. The molecule has 16 heavy (non-hydrogen) atoms. The molecule has 0 unspecified atom stereocenters. The summed E-state index contributed by atoms with van der Waals surface area (Å²) in [4.78, 5) is 9.59. The summed E-state index contributed by atoms with van der Waals surface area (Å²) in [5.74, 6) is -0.637. The van der Waals surface area contributed by atoms with Gasteiger partial charge in [0.25, 0.3) is 0 Å². The Kier molecular flexibility index (Phi) is 4.22. The van der Waals surface area contributed by atoms with Crippen molar-refractivity contribution in [3.8, 4) is 0 Å². The molecule has 0 radical (unpaired) electrons. The van der Waals surface area contributed by atoms with Crippen LogP contribution in [0.1, 0.15) is 0 Å². The monoisotopic (exact) mass is 242 g/mol. The summed E-state index contributed by atoms with van der Waals surface area (Å²) in [6.07, 6.45) is 0.601. The molecule has 2 N–H and O–H groups in total. The zero-order valence-electron chi connectivity index (χ0n) is 7.87. The smallest absolute Gasteiger partial charge is 0.409 e. The number of amidine groups is 1. The first-order chi connectivity index (χ1) is 7.65. The van der Waals surface area contributed by atoms with Gasteiger partial charge in [-0.15, -0.1) is 0 Å². The molecular formula is C8H7ClN4O3. The lowest BCUT2D eigenvalue weighted by Crippen LogP contribution is -2.15. The highest BCUT2D eigenvalue weighted by Crippen LogP contribution is 2.20. The molecule has 0 aliphatic carbocycles. The van der Waals surface area contributed by atoms with E-state index in [-0.39, 0.29) is 0 Å². The second kappa shape index (κ2) is 5.66. The average molecular weight is 243 g/mol. The van der Waals surface area contributed by atoms with Crippen LogP contribution < -0.4 is 5.43 Å². The fourth-order valence-electron chi connectivity index (χ4n) is 0.838. The summed E-state index contributed by atoms with van der Waals surface area (Å²) >= 11 is 5.78. The standard InChI is InChI=1S/C8H7ClN4O3/c9-6-3-1-2-4-7(6)11-12-8(5-10-14)13(15)16/h1-5,11,14H/b10-5+,12-8+. The first-order valence-electron chi connectivity index (χ1n) is 4.05.